The van der Waals surface area contributed by atoms with E-state index in [1.54, 1.807) is 13.8 Å². The quantitative estimate of drug-likeness (QED) is 0.371. The Bertz CT molecular complexity index is 707. The summed E-state index contributed by atoms with van der Waals surface area (Å²) in [5.41, 5.74) is 0. The third-order valence-electron chi connectivity index (χ3n) is 4.67. The zero-order valence-corrected chi connectivity index (χ0v) is 16.8. The van der Waals surface area contributed by atoms with Crippen molar-refractivity contribution in [2.24, 2.45) is 23.7 Å². The van der Waals surface area contributed by atoms with Gasteiger partial charge in [0.05, 0.1) is 0 Å². The van der Waals surface area contributed by atoms with Crippen LogP contribution in [0.1, 0.15) is 27.7 Å². The second-order valence-electron chi connectivity index (χ2n) is 7.74. The minimum atomic E-state index is -6.02. The molecule has 31 heavy (non-hydrogen) atoms. The number of aliphatic carboxylic acids is 1. The normalized spacial score (nSPS) is 21.4. The maximum absolute atomic E-state index is 12.9. The molecule has 0 aromatic heterocycles. The number of carbonyl (C=O) groups excluding carboxylic acids is 3. The number of hydrogen-bond acceptors (Lipinski definition) is 5. The number of esters is 1. The zero-order valence-electron chi connectivity index (χ0n) is 16.8. The van der Waals surface area contributed by atoms with Gasteiger partial charge in [-0.3, -0.25) is 14.4 Å². The predicted molar refractivity (Wildman–Crippen MR) is 90.1 cm³/mol. The molecule has 0 aliphatic carbocycles. The fraction of sp³-hybridized carbons (Fsp3) is 0.765. The molecule has 2 amide bonds. The molecule has 0 spiro atoms. The van der Waals surface area contributed by atoms with E-state index in [2.05, 4.69) is 5.32 Å². The first-order valence-electron chi connectivity index (χ1n) is 9.07. The lowest BCUT2D eigenvalue weighted by atomic mass is 9.85. The molecule has 1 aliphatic heterocycles. The number of carboxylic acid groups (broad SMARTS) is 1. The summed E-state index contributed by atoms with van der Waals surface area (Å²) in [5.74, 6) is -12.2. The first-order valence-corrected chi connectivity index (χ1v) is 9.07. The van der Waals surface area contributed by atoms with E-state index in [1.807, 2.05) is 0 Å². The minimum absolute atomic E-state index is 0.320. The first kappa shape index (κ1) is 26.5. The lowest BCUT2D eigenvalue weighted by Gasteiger charge is -2.37. The van der Waals surface area contributed by atoms with Crippen LogP contribution in [0.3, 0.4) is 0 Å². The van der Waals surface area contributed by atoms with Crippen molar-refractivity contribution in [3.05, 3.63) is 0 Å². The highest BCUT2D eigenvalue weighted by Crippen LogP contribution is 2.41. The second kappa shape index (κ2) is 9.30. The van der Waals surface area contributed by atoms with E-state index in [1.165, 1.54) is 19.2 Å². The third kappa shape index (κ3) is 6.23. The highest BCUT2D eigenvalue weighted by Gasteiger charge is 2.63. The van der Waals surface area contributed by atoms with Gasteiger partial charge in [-0.25, -0.2) is 4.79 Å². The van der Waals surface area contributed by atoms with Gasteiger partial charge in [0, 0.05) is 0 Å². The van der Waals surface area contributed by atoms with Crippen LogP contribution in [-0.2, 0) is 23.9 Å². The van der Waals surface area contributed by atoms with E-state index in [0.29, 0.717) is 0 Å². The van der Waals surface area contributed by atoms with Gasteiger partial charge in [-0.2, -0.15) is 26.3 Å². The van der Waals surface area contributed by atoms with Crippen LogP contribution in [0.15, 0.2) is 0 Å². The number of ether oxygens (including phenoxy) is 1. The van der Waals surface area contributed by atoms with Gasteiger partial charge in [0.25, 0.3) is 5.91 Å². The fourth-order valence-corrected chi connectivity index (χ4v) is 3.03. The highest BCUT2D eigenvalue weighted by molar-refractivity contribution is 5.97. The number of cyclic esters (lactones) is 1. The summed E-state index contributed by atoms with van der Waals surface area (Å²) >= 11 is 0. The molecule has 8 nitrogen and oxygen atoms in total. The molecule has 4 atom stereocenters. The van der Waals surface area contributed by atoms with Crippen molar-refractivity contribution >= 4 is 23.8 Å². The predicted octanol–water partition coefficient (Wildman–Crippen LogP) is 1.63. The number of amides is 2. The Morgan fingerprint density at radius 1 is 0.935 bits per heavy atom. The van der Waals surface area contributed by atoms with Crippen molar-refractivity contribution in [1.29, 1.82) is 0 Å². The molecule has 178 valence electrons. The van der Waals surface area contributed by atoms with Crippen LogP contribution in [0.2, 0.25) is 0 Å². The Morgan fingerprint density at radius 3 is 1.74 bits per heavy atom. The highest BCUT2D eigenvalue weighted by atomic mass is 19.4. The lowest BCUT2D eigenvalue weighted by Crippen LogP contribution is -2.63. The molecule has 1 fully saturated rings. The number of carboxylic acids is 1. The molecule has 1 saturated heterocycles. The number of alkyl halides is 6. The monoisotopic (exact) mass is 464 g/mol. The van der Waals surface area contributed by atoms with Crippen LogP contribution in [0.25, 0.3) is 0 Å². The van der Waals surface area contributed by atoms with E-state index in [9.17, 15) is 45.5 Å². The zero-order chi connectivity index (χ0) is 24.5. The van der Waals surface area contributed by atoms with Crippen molar-refractivity contribution in [3.8, 4) is 0 Å². The largest absolute Gasteiger partial charge is 0.480 e. The SMILES string of the molecule is CC(C)[C@H](NC(=O)[C@@H]1OC(=O)[C@H]1C(C)C)C(=O)N[C@H](C(=O)O)C(C(F)(F)F)C(F)(F)F. The van der Waals surface area contributed by atoms with Crippen LogP contribution < -0.4 is 10.6 Å². The minimum Gasteiger partial charge on any atom is -0.480 e. The number of nitrogens with one attached hydrogen (secondary N) is 2. The molecule has 14 heteroatoms. The van der Waals surface area contributed by atoms with E-state index < -0.39 is 72.0 Å². The van der Waals surface area contributed by atoms with Gasteiger partial charge >= 0.3 is 24.3 Å². The maximum atomic E-state index is 12.9. The summed E-state index contributed by atoms with van der Waals surface area (Å²) in [7, 11) is 0. The topological polar surface area (TPSA) is 122 Å². The molecule has 0 aromatic carbocycles. The summed E-state index contributed by atoms with van der Waals surface area (Å²) in [5, 5.41) is 12.3. The Labute approximate surface area is 172 Å². The molecule has 0 bridgehead atoms. The molecule has 3 N–H and O–H groups in total. The smallest absolute Gasteiger partial charge is 0.403 e. The Kier molecular flexibility index (Phi) is 7.95. The van der Waals surface area contributed by atoms with Gasteiger partial charge in [-0.1, -0.05) is 27.7 Å². The standard InChI is InChI=1S/C17H22F6N2O6/c1-5(2)7-10(31-15(7)30)13(27)24-8(6(3)4)12(26)25-9(14(28)29)11(16(18,19)20)17(21,22)23/h5-11H,1-4H3,(H,24,27)(H,25,26)(H,28,29)/t7-,8-,9-,10+/m0/s1. The lowest BCUT2D eigenvalue weighted by molar-refractivity contribution is -0.290. The molecule has 0 radical (unpaired) electrons. The van der Waals surface area contributed by atoms with Crippen molar-refractivity contribution in [1.82, 2.24) is 10.6 Å². The second-order valence-corrected chi connectivity index (χ2v) is 7.74. The van der Waals surface area contributed by atoms with E-state index >= 15 is 0 Å². The van der Waals surface area contributed by atoms with E-state index in [4.69, 9.17) is 9.84 Å². The molecule has 0 unspecified atom stereocenters. The van der Waals surface area contributed by atoms with E-state index in [0.717, 1.165) is 0 Å². The number of halogens is 6. The average molecular weight is 464 g/mol. The fourth-order valence-electron chi connectivity index (χ4n) is 3.03. The van der Waals surface area contributed by atoms with Crippen molar-refractivity contribution in [2.75, 3.05) is 0 Å². The summed E-state index contributed by atoms with van der Waals surface area (Å²) < 4.78 is 82.2. The van der Waals surface area contributed by atoms with Crippen LogP contribution in [0.4, 0.5) is 26.3 Å². The van der Waals surface area contributed by atoms with Crippen molar-refractivity contribution in [3.63, 3.8) is 0 Å². The van der Waals surface area contributed by atoms with Crippen LogP contribution in [0.5, 0.6) is 0 Å². The van der Waals surface area contributed by atoms with Gasteiger partial charge in [0.2, 0.25) is 5.91 Å². The Hall–Kier alpha value is -2.54. The summed E-state index contributed by atoms with van der Waals surface area (Å²) in [6.45, 7) is 5.86. The third-order valence-corrected chi connectivity index (χ3v) is 4.67. The molecule has 0 aromatic rings. The van der Waals surface area contributed by atoms with Gasteiger partial charge in [-0.05, 0) is 11.8 Å². The molecule has 0 saturated carbocycles. The Balaban J connectivity index is 3.08. The number of hydrogen-bond donors (Lipinski definition) is 3. The molecule has 1 heterocycles. The van der Waals surface area contributed by atoms with Crippen molar-refractivity contribution in [2.45, 2.75) is 58.2 Å². The summed E-state index contributed by atoms with van der Waals surface area (Å²) in [6, 6.07) is -5.07. The van der Waals surface area contributed by atoms with Gasteiger partial charge < -0.3 is 20.5 Å². The molecular formula is C17H22F6N2O6. The average Bonchev–Trinajstić information content (AvgIpc) is 2.52. The maximum Gasteiger partial charge on any atom is 0.403 e. The molecular weight excluding hydrogens is 442 g/mol. The number of carbonyl (C=O) groups is 4. The van der Waals surface area contributed by atoms with Gasteiger partial charge in [-0.15, -0.1) is 0 Å². The molecule has 1 aliphatic rings. The first-order chi connectivity index (χ1) is 13.9. The van der Waals surface area contributed by atoms with E-state index in [-0.39, 0.29) is 5.92 Å². The van der Waals surface area contributed by atoms with Crippen LogP contribution in [-0.4, -0.2) is 59.4 Å². The van der Waals surface area contributed by atoms with Gasteiger partial charge in [0.15, 0.2) is 12.0 Å². The van der Waals surface area contributed by atoms with Gasteiger partial charge in [0.1, 0.15) is 18.0 Å². The summed E-state index contributed by atoms with van der Waals surface area (Å²) in [4.78, 5) is 47.3. The molecule has 1 rings (SSSR count). The van der Waals surface area contributed by atoms with Crippen LogP contribution in [0, 0.1) is 23.7 Å². The number of rotatable bonds is 8. The Morgan fingerprint density at radius 2 is 1.42 bits per heavy atom. The van der Waals surface area contributed by atoms with Crippen molar-refractivity contribution < 1.29 is 55.4 Å². The summed E-state index contributed by atoms with van der Waals surface area (Å²) in [6.07, 6.45) is -13.3. The van der Waals surface area contributed by atoms with Crippen LogP contribution >= 0.6 is 0 Å².